The van der Waals surface area contributed by atoms with Gasteiger partial charge in [0, 0.05) is 39.0 Å². The largest absolute Gasteiger partial charge is 0.455 e. The fourth-order valence-corrected chi connectivity index (χ4v) is 5.13. The molecule has 2 heteroatoms. The van der Waals surface area contributed by atoms with Crippen LogP contribution in [0.25, 0.3) is 65.9 Å². The predicted molar refractivity (Wildman–Crippen MR) is 137 cm³/mol. The molecule has 0 aliphatic rings. The number of benzene rings is 5. The average Bonchev–Trinajstić information content (AvgIpc) is 3.27. The maximum absolute atomic E-state index is 6.43. The van der Waals surface area contributed by atoms with Crippen LogP contribution in [0.15, 0.2) is 120 Å². The molecule has 0 aliphatic heterocycles. The van der Waals surface area contributed by atoms with Gasteiger partial charge in [0.2, 0.25) is 0 Å². The summed E-state index contributed by atoms with van der Waals surface area (Å²) in [6.45, 7) is 0. The smallest absolute Gasteiger partial charge is 0.143 e. The van der Waals surface area contributed by atoms with Gasteiger partial charge in [0.05, 0.1) is 5.52 Å². The lowest BCUT2D eigenvalue weighted by atomic mass is 9.87. The molecule has 0 fully saturated rings. The van der Waals surface area contributed by atoms with E-state index in [1.54, 1.807) is 0 Å². The lowest BCUT2D eigenvalue weighted by molar-refractivity contribution is 0.670. The van der Waals surface area contributed by atoms with Crippen molar-refractivity contribution in [3.8, 4) is 22.3 Å². The second kappa shape index (κ2) is 7.04. The second-order valence-corrected chi connectivity index (χ2v) is 8.34. The van der Waals surface area contributed by atoms with Gasteiger partial charge < -0.3 is 4.42 Å². The van der Waals surface area contributed by atoms with Gasteiger partial charge in [-0.1, -0.05) is 97.1 Å². The highest BCUT2D eigenvalue weighted by Crippen LogP contribution is 2.45. The first-order valence-electron chi connectivity index (χ1n) is 11.2. The monoisotopic (exact) mass is 421 g/mol. The molecule has 0 amide bonds. The molecule has 7 rings (SSSR count). The van der Waals surface area contributed by atoms with Crippen molar-refractivity contribution in [1.29, 1.82) is 0 Å². The standard InChI is InChI=1S/C31H19NO/c1-2-10-20(11-3-1)28-22-13-4-5-14-23(22)29(25-17-9-19-32-30(25)28)26-16-8-15-24-21-12-6-7-18-27(21)33-31(24)26/h1-19H. The van der Waals surface area contributed by atoms with E-state index in [9.17, 15) is 0 Å². The van der Waals surface area contributed by atoms with Crippen LogP contribution in [-0.4, -0.2) is 4.98 Å². The Bertz CT molecular complexity index is 1760. The summed E-state index contributed by atoms with van der Waals surface area (Å²) in [4.78, 5) is 4.89. The van der Waals surface area contributed by atoms with Crippen LogP contribution in [0.3, 0.4) is 0 Å². The third-order valence-electron chi connectivity index (χ3n) is 6.52. The van der Waals surface area contributed by atoms with Gasteiger partial charge in [0.15, 0.2) is 0 Å². The quantitative estimate of drug-likeness (QED) is 0.261. The average molecular weight is 421 g/mol. The molecule has 0 unspecified atom stereocenters. The Morgan fingerprint density at radius 2 is 1.15 bits per heavy atom. The number of furan rings is 1. The second-order valence-electron chi connectivity index (χ2n) is 8.34. The van der Waals surface area contributed by atoms with Crippen LogP contribution in [-0.2, 0) is 0 Å². The summed E-state index contributed by atoms with van der Waals surface area (Å²) in [5.74, 6) is 0. The van der Waals surface area contributed by atoms with Crippen molar-refractivity contribution >= 4 is 43.6 Å². The highest BCUT2D eigenvalue weighted by molar-refractivity contribution is 6.23. The van der Waals surface area contributed by atoms with Crippen LogP contribution in [0.1, 0.15) is 0 Å². The maximum Gasteiger partial charge on any atom is 0.143 e. The molecule has 154 valence electrons. The van der Waals surface area contributed by atoms with E-state index >= 15 is 0 Å². The van der Waals surface area contributed by atoms with E-state index in [-0.39, 0.29) is 0 Å². The van der Waals surface area contributed by atoms with Gasteiger partial charge in [-0.25, -0.2) is 0 Å². The highest BCUT2D eigenvalue weighted by Gasteiger charge is 2.20. The summed E-state index contributed by atoms with van der Waals surface area (Å²) in [6.07, 6.45) is 1.88. The molecule has 0 aliphatic carbocycles. The highest BCUT2D eigenvalue weighted by atomic mass is 16.3. The summed E-state index contributed by atoms with van der Waals surface area (Å²) in [6, 6.07) is 38.1. The summed E-state index contributed by atoms with van der Waals surface area (Å²) >= 11 is 0. The van der Waals surface area contributed by atoms with Crippen molar-refractivity contribution in [2.24, 2.45) is 0 Å². The Balaban J connectivity index is 1.69. The van der Waals surface area contributed by atoms with Crippen molar-refractivity contribution in [2.75, 3.05) is 0 Å². The minimum atomic E-state index is 0.910. The zero-order chi connectivity index (χ0) is 21.8. The Morgan fingerprint density at radius 3 is 2.00 bits per heavy atom. The van der Waals surface area contributed by atoms with Crippen LogP contribution in [0.4, 0.5) is 0 Å². The summed E-state index contributed by atoms with van der Waals surface area (Å²) in [7, 11) is 0. The van der Waals surface area contributed by atoms with Crippen molar-refractivity contribution in [3.05, 3.63) is 115 Å². The molecule has 5 aromatic carbocycles. The predicted octanol–water partition coefficient (Wildman–Crippen LogP) is 8.62. The minimum Gasteiger partial charge on any atom is -0.455 e. The zero-order valence-electron chi connectivity index (χ0n) is 17.8. The van der Waals surface area contributed by atoms with E-state index in [1.165, 1.54) is 21.9 Å². The first kappa shape index (κ1) is 18.2. The minimum absolute atomic E-state index is 0.910. The summed E-state index contributed by atoms with van der Waals surface area (Å²) in [5, 5.41) is 5.80. The van der Waals surface area contributed by atoms with E-state index in [0.717, 1.165) is 44.0 Å². The first-order valence-corrected chi connectivity index (χ1v) is 11.2. The Kier molecular flexibility index (Phi) is 3.88. The molecular weight excluding hydrogens is 402 g/mol. The van der Waals surface area contributed by atoms with Crippen LogP contribution in [0.2, 0.25) is 0 Å². The van der Waals surface area contributed by atoms with Crippen LogP contribution < -0.4 is 0 Å². The fraction of sp³-hybridized carbons (Fsp3) is 0. The van der Waals surface area contributed by atoms with E-state index in [1.807, 2.05) is 24.4 Å². The van der Waals surface area contributed by atoms with Gasteiger partial charge in [0.25, 0.3) is 0 Å². The Labute approximate surface area is 190 Å². The molecule has 2 aromatic heterocycles. The van der Waals surface area contributed by atoms with Crippen LogP contribution in [0.5, 0.6) is 0 Å². The van der Waals surface area contributed by atoms with E-state index in [2.05, 4.69) is 91.0 Å². The topological polar surface area (TPSA) is 26.0 Å². The Morgan fingerprint density at radius 1 is 0.485 bits per heavy atom. The van der Waals surface area contributed by atoms with Crippen molar-refractivity contribution in [2.45, 2.75) is 0 Å². The third kappa shape index (κ3) is 2.64. The molecule has 0 spiro atoms. The SMILES string of the molecule is c1ccc(-c2c3ccccc3c(-c3cccc4c3oc3ccccc34)c3cccnc23)cc1. The van der Waals surface area contributed by atoms with Gasteiger partial charge in [-0.15, -0.1) is 0 Å². The molecule has 2 nitrogen and oxygen atoms in total. The van der Waals surface area contributed by atoms with Gasteiger partial charge in [0.1, 0.15) is 11.2 Å². The molecule has 0 saturated heterocycles. The van der Waals surface area contributed by atoms with Crippen molar-refractivity contribution in [3.63, 3.8) is 0 Å². The van der Waals surface area contributed by atoms with Crippen LogP contribution in [0, 0.1) is 0 Å². The normalized spacial score (nSPS) is 11.6. The number of para-hydroxylation sites is 2. The number of hydrogen-bond acceptors (Lipinski definition) is 2. The lowest BCUT2D eigenvalue weighted by Gasteiger charge is -2.17. The Hall–Kier alpha value is -4.43. The number of pyridine rings is 1. The van der Waals surface area contributed by atoms with Crippen molar-refractivity contribution in [1.82, 2.24) is 4.98 Å². The molecule has 2 heterocycles. The molecular formula is C31H19NO. The van der Waals surface area contributed by atoms with Crippen LogP contribution >= 0.6 is 0 Å². The van der Waals surface area contributed by atoms with Gasteiger partial charge in [-0.05, 0) is 28.5 Å². The molecule has 0 saturated carbocycles. The molecule has 0 atom stereocenters. The maximum atomic E-state index is 6.43. The lowest BCUT2D eigenvalue weighted by Crippen LogP contribution is -1.92. The van der Waals surface area contributed by atoms with Crippen molar-refractivity contribution < 1.29 is 4.42 Å². The van der Waals surface area contributed by atoms with Gasteiger partial charge in [-0.3, -0.25) is 4.98 Å². The van der Waals surface area contributed by atoms with Gasteiger partial charge >= 0.3 is 0 Å². The fourth-order valence-electron chi connectivity index (χ4n) is 5.13. The number of fused-ring (bicyclic) bond motifs is 5. The van der Waals surface area contributed by atoms with E-state index in [0.29, 0.717) is 0 Å². The van der Waals surface area contributed by atoms with Gasteiger partial charge in [-0.2, -0.15) is 0 Å². The molecule has 0 radical (unpaired) electrons. The zero-order valence-corrected chi connectivity index (χ0v) is 17.8. The van der Waals surface area contributed by atoms with E-state index in [4.69, 9.17) is 9.40 Å². The number of aromatic nitrogens is 1. The molecule has 7 aromatic rings. The first-order chi connectivity index (χ1) is 16.4. The number of hydrogen-bond donors (Lipinski definition) is 0. The molecule has 33 heavy (non-hydrogen) atoms. The molecule has 0 bridgehead atoms. The summed E-state index contributed by atoms with van der Waals surface area (Å²) < 4.78 is 6.43. The van der Waals surface area contributed by atoms with E-state index < -0.39 is 0 Å². The number of nitrogens with zero attached hydrogens (tertiary/aromatic N) is 1. The molecule has 0 N–H and O–H groups in total. The third-order valence-corrected chi connectivity index (χ3v) is 6.52. The summed E-state index contributed by atoms with van der Waals surface area (Å²) in [5.41, 5.74) is 7.43. The number of rotatable bonds is 2.